The van der Waals surface area contributed by atoms with Crippen molar-refractivity contribution in [2.45, 2.75) is 50.7 Å². The molecular weight excluding hydrogens is 372 g/mol. The van der Waals surface area contributed by atoms with Gasteiger partial charge in [0.25, 0.3) is 0 Å². The monoisotopic (exact) mass is 396 g/mol. The molecule has 5 nitrogen and oxygen atoms in total. The maximum Gasteiger partial charge on any atom is 0.322 e. The Labute approximate surface area is 151 Å². The largest absolute Gasteiger partial charge is 0.495 e. The predicted octanol–water partition coefficient (Wildman–Crippen LogP) is 4.41. The van der Waals surface area contributed by atoms with Gasteiger partial charge >= 0.3 is 6.03 Å². The molecule has 1 aromatic rings. The number of ether oxygens (including phenoxy) is 2. The van der Waals surface area contributed by atoms with Crippen molar-refractivity contribution in [3.8, 4) is 5.75 Å². The van der Waals surface area contributed by atoms with Gasteiger partial charge in [0.05, 0.1) is 17.7 Å². The van der Waals surface area contributed by atoms with Gasteiger partial charge in [0.1, 0.15) is 5.75 Å². The van der Waals surface area contributed by atoms with Crippen LogP contribution in [-0.4, -0.2) is 43.3 Å². The van der Waals surface area contributed by atoms with E-state index in [1.54, 1.807) is 7.11 Å². The summed E-state index contributed by atoms with van der Waals surface area (Å²) < 4.78 is 11.9. The summed E-state index contributed by atoms with van der Waals surface area (Å²) in [7, 11) is 1.62. The second-order valence-corrected chi connectivity index (χ2v) is 7.36. The molecular formula is C18H25BrN2O3. The van der Waals surface area contributed by atoms with Gasteiger partial charge in [-0.1, -0.05) is 12.8 Å². The topological polar surface area (TPSA) is 50.8 Å². The van der Waals surface area contributed by atoms with Crippen molar-refractivity contribution in [2.24, 2.45) is 0 Å². The average Bonchev–Trinajstić information content (AvgIpc) is 3.27. The first kappa shape index (κ1) is 17.5. The lowest BCUT2D eigenvalue weighted by Crippen LogP contribution is -2.45. The first-order valence-electron chi connectivity index (χ1n) is 8.70. The normalized spacial score (nSPS) is 21.0. The molecule has 1 atom stereocenters. The highest BCUT2D eigenvalue weighted by Crippen LogP contribution is 2.29. The van der Waals surface area contributed by atoms with E-state index in [4.69, 9.17) is 9.47 Å². The molecule has 1 saturated carbocycles. The quantitative estimate of drug-likeness (QED) is 0.801. The van der Waals surface area contributed by atoms with E-state index in [2.05, 4.69) is 21.2 Å². The molecule has 2 aliphatic rings. The van der Waals surface area contributed by atoms with Gasteiger partial charge in [0.15, 0.2) is 0 Å². The van der Waals surface area contributed by atoms with E-state index in [0.29, 0.717) is 18.3 Å². The molecule has 132 valence electrons. The number of amides is 2. The van der Waals surface area contributed by atoms with Gasteiger partial charge < -0.3 is 19.7 Å². The number of benzene rings is 1. The molecule has 1 N–H and O–H groups in total. The molecule has 1 heterocycles. The number of carbonyl (C=O) groups excluding carboxylic acids is 1. The number of hydrogen-bond donors (Lipinski definition) is 1. The number of anilines is 1. The van der Waals surface area contributed by atoms with Crippen LogP contribution in [0.4, 0.5) is 10.5 Å². The summed E-state index contributed by atoms with van der Waals surface area (Å²) in [6.45, 7) is 1.50. The average molecular weight is 397 g/mol. The van der Waals surface area contributed by atoms with Crippen LogP contribution in [0.5, 0.6) is 5.75 Å². The Morgan fingerprint density at radius 2 is 2.12 bits per heavy atom. The lowest BCUT2D eigenvalue weighted by Gasteiger charge is -2.31. The van der Waals surface area contributed by atoms with Crippen molar-refractivity contribution in [2.75, 3.05) is 25.6 Å². The molecule has 2 amide bonds. The van der Waals surface area contributed by atoms with Crippen LogP contribution in [0.25, 0.3) is 0 Å². The van der Waals surface area contributed by atoms with Gasteiger partial charge in [-0.2, -0.15) is 0 Å². The Morgan fingerprint density at radius 1 is 1.33 bits per heavy atom. The maximum atomic E-state index is 12.9. The van der Waals surface area contributed by atoms with Crippen molar-refractivity contribution in [1.29, 1.82) is 0 Å². The fourth-order valence-electron chi connectivity index (χ4n) is 3.55. The lowest BCUT2D eigenvalue weighted by molar-refractivity contribution is 0.0729. The number of urea groups is 1. The van der Waals surface area contributed by atoms with Crippen LogP contribution < -0.4 is 10.1 Å². The van der Waals surface area contributed by atoms with Crippen LogP contribution in [0.1, 0.15) is 38.5 Å². The summed E-state index contributed by atoms with van der Waals surface area (Å²) in [5.41, 5.74) is 0.746. The van der Waals surface area contributed by atoms with Crippen LogP contribution in [0.2, 0.25) is 0 Å². The number of methoxy groups -OCH3 is 1. The van der Waals surface area contributed by atoms with Crippen molar-refractivity contribution in [1.82, 2.24) is 4.90 Å². The fourth-order valence-corrected chi connectivity index (χ4v) is 3.96. The number of hydrogen-bond acceptors (Lipinski definition) is 3. The molecule has 0 unspecified atom stereocenters. The van der Waals surface area contributed by atoms with Crippen LogP contribution in [0.3, 0.4) is 0 Å². The molecule has 0 radical (unpaired) electrons. The van der Waals surface area contributed by atoms with Gasteiger partial charge in [-0.3, -0.25) is 0 Å². The second kappa shape index (κ2) is 8.21. The molecule has 0 spiro atoms. The molecule has 1 aromatic carbocycles. The number of nitrogens with zero attached hydrogens (tertiary/aromatic N) is 1. The summed E-state index contributed by atoms with van der Waals surface area (Å²) in [5, 5.41) is 3.03. The Balaban J connectivity index is 1.70. The van der Waals surface area contributed by atoms with Gasteiger partial charge in [0, 0.05) is 30.9 Å². The lowest BCUT2D eigenvalue weighted by atomic mass is 10.1. The minimum Gasteiger partial charge on any atom is -0.495 e. The van der Waals surface area contributed by atoms with Gasteiger partial charge in [-0.05, 0) is 53.7 Å². The van der Waals surface area contributed by atoms with Crippen molar-refractivity contribution >= 4 is 27.6 Å². The fraction of sp³-hybridized carbons (Fsp3) is 0.611. The Bertz CT molecular complexity index is 569. The molecule has 3 rings (SSSR count). The Hall–Kier alpha value is -1.27. The van der Waals surface area contributed by atoms with E-state index < -0.39 is 0 Å². The summed E-state index contributed by atoms with van der Waals surface area (Å²) in [6.07, 6.45) is 6.89. The van der Waals surface area contributed by atoms with E-state index in [1.165, 1.54) is 12.8 Å². The maximum absolute atomic E-state index is 12.9. The minimum absolute atomic E-state index is 0.0400. The van der Waals surface area contributed by atoms with Crippen LogP contribution >= 0.6 is 15.9 Å². The third-order valence-corrected chi connectivity index (χ3v) is 5.51. The van der Waals surface area contributed by atoms with Gasteiger partial charge in [-0.15, -0.1) is 0 Å². The second-order valence-electron chi connectivity index (χ2n) is 6.51. The van der Waals surface area contributed by atoms with Crippen LogP contribution in [-0.2, 0) is 4.74 Å². The zero-order valence-corrected chi connectivity index (χ0v) is 15.7. The molecule has 0 bridgehead atoms. The zero-order chi connectivity index (χ0) is 16.9. The van der Waals surface area contributed by atoms with Crippen molar-refractivity contribution < 1.29 is 14.3 Å². The third kappa shape index (κ3) is 4.22. The summed E-state index contributed by atoms with van der Waals surface area (Å²) >= 11 is 3.43. The Kier molecular flexibility index (Phi) is 6.00. The molecule has 0 aromatic heterocycles. The minimum atomic E-state index is -0.0400. The van der Waals surface area contributed by atoms with E-state index in [-0.39, 0.29) is 12.1 Å². The smallest absolute Gasteiger partial charge is 0.322 e. The molecule has 1 saturated heterocycles. The van der Waals surface area contributed by atoms with Gasteiger partial charge in [-0.25, -0.2) is 4.79 Å². The molecule has 24 heavy (non-hydrogen) atoms. The zero-order valence-electron chi connectivity index (χ0n) is 14.1. The van der Waals surface area contributed by atoms with Crippen LogP contribution in [0.15, 0.2) is 22.7 Å². The number of halogens is 1. The van der Waals surface area contributed by atoms with Crippen LogP contribution in [0, 0.1) is 0 Å². The predicted molar refractivity (Wildman–Crippen MR) is 97.6 cm³/mol. The molecule has 2 fully saturated rings. The molecule has 6 heteroatoms. The number of carbonyl (C=O) groups is 1. The highest BCUT2D eigenvalue weighted by atomic mass is 79.9. The van der Waals surface area contributed by atoms with E-state index in [1.807, 2.05) is 23.1 Å². The van der Waals surface area contributed by atoms with Gasteiger partial charge in [0.2, 0.25) is 0 Å². The van der Waals surface area contributed by atoms with Crippen molar-refractivity contribution in [3.05, 3.63) is 22.7 Å². The first-order valence-corrected chi connectivity index (χ1v) is 9.49. The number of nitrogens with one attached hydrogen (secondary N) is 1. The standard InChI is InChI=1S/C18H25BrN2O3/c1-23-17-11-13(8-9-16(17)19)20-18(22)21(14-5-2-3-6-14)12-15-7-4-10-24-15/h8-9,11,14-15H,2-7,10,12H2,1H3,(H,20,22)/t15-/m1/s1. The number of rotatable bonds is 5. The molecule has 1 aliphatic heterocycles. The third-order valence-electron chi connectivity index (χ3n) is 4.85. The summed E-state index contributed by atoms with van der Waals surface area (Å²) in [5.74, 6) is 0.708. The first-order chi connectivity index (χ1) is 11.7. The van der Waals surface area contributed by atoms with E-state index in [0.717, 1.165) is 42.5 Å². The summed E-state index contributed by atoms with van der Waals surface area (Å²) in [4.78, 5) is 14.9. The SMILES string of the molecule is COc1cc(NC(=O)N(C[C@H]2CCCO2)C2CCCC2)ccc1Br. The highest BCUT2D eigenvalue weighted by molar-refractivity contribution is 9.10. The highest BCUT2D eigenvalue weighted by Gasteiger charge is 2.30. The molecule has 1 aliphatic carbocycles. The Morgan fingerprint density at radius 3 is 2.79 bits per heavy atom. The van der Waals surface area contributed by atoms with E-state index in [9.17, 15) is 4.79 Å². The van der Waals surface area contributed by atoms with E-state index >= 15 is 0 Å². The summed E-state index contributed by atoms with van der Waals surface area (Å²) in [6, 6.07) is 5.88. The van der Waals surface area contributed by atoms with Crippen molar-refractivity contribution in [3.63, 3.8) is 0 Å².